The van der Waals surface area contributed by atoms with Gasteiger partial charge in [0.1, 0.15) is 0 Å². The lowest BCUT2D eigenvalue weighted by Gasteiger charge is -2.36. The van der Waals surface area contributed by atoms with Crippen LogP contribution in [0.3, 0.4) is 0 Å². The molecule has 2 aliphatic rings. The van der Waals surface area contributed by atoms with Crippen LogP contribution in [0.15, 0.2) is 36.8 Å². The molecule has 7 nitrogen and oxygen atoms in total. The van der Waals surface area contributed by atoms with Gasteiger partial charge in [0.2, 0.25) is 0 Å². The quantitative estimate of drug-likeness (QED) is 0.663. The van der Waals surface area contributed by atoms with Crippen LogP contribution in [0.1, 0.15) is 49.9 Å². The van der Waals surface area contributed by atoms with Gasteiger partial charge in [-0.15, -0.1) is 0 Å². The second-order valence-electron chi connectivity index (χ2n) is 9.71. The van der Waals surface area contributed by atoms with E-state index >= 15 is 0 Å². The number of imidazole rings is 1. The van der Waals surface area contributed by atoms with Crippen LogP contribution in [-0.4, -0.2) is 58.2 Å². The number of rotatable bonds is 6. The maximum atomic E-state index is 12.6. The lowest BCUT2D eigenvalue weighted by Crippen LogP contribution is -2.49. The zero-order valence-corrected chi connectivity index (χ0v) is 19.8. The number of nitrogens with zero attached hydrogens (tertiary/aromatic N) is 5. The minimum atomic E-state index is -0.162. The standard InChI is InChI=1S/C26H35N5O2/c1-20-4-3-5-21(2)25(20)18-33-26(32)30-12-10-29(11-13-30)17-24-15-28-19-31(24)16-23-8-6-22(14-27)7-9-23/h6-9,15,19-21,25H,3-5,10-13,16-18H2,1-2H3/t20-,21-/m0/s1. The van der Waals surface area contributed by atoms with Crippen molar-refractivity contribution < 1.29 is 9.53 Å². The highest BCUT2D eigenvalue weighted by Crippen LogP contribution is 2.34. The average Bonchev–Trinajstić information content (AvgIpc) is 3.26. The molecule has 0 unspecified atom stereocenters. The molecular weight excluding hydrogens is 414 g/mol. The Morgan fingerprint density at radius 1 is 1.09 bits per heavy atom. The Labute approximate surface area is 197 Å². The Hall–Kier alpha value is -2.85. The van der Waals surface area contributed by atoms with E-state index in [9.17, 15) is 4.79 Å². The van der Waals surface area contributed by atoms with Crippen LogP contribution in [0.5, 0.6) is 0 Å². The molecule has 1 aromatic heterocycles. The highest BCUT2D eigenvalue weighted by molar-refractivity contribution is 5.67. The SMILES string of the molecule is C[C@H]1CCC[C@H](C)C1COC(=O)N1CCN(Cc2cncn2Cc2ccc(C#N)cc2)CC1. The largest absolute Gasteiger partial charge is 0.449 e. The molecule has 2 aromatic rings. The van der Waals surface area contributed by atoms with Gasteiger partial charge in [-0.2, -0.15) is 5.26 Å². The first-order chi connectivity index (χ1) is 16.0. The van der Waals surface area contributed by atoms with Crippen molar-refractivity contribution in [3.05, 3.63) is 53.6 Å². The van der Waals surface area contributed by atoms with Gasteiger partial charge in [-0.1, -0.05) is 45.2 Å². The fourth-order valence-electron chi connectivity index (χ4n) is 5.16. The molecule has 4 rings (SSSR count). The van der Waals surface area contributed by atoms with E-state index in [4.69, 9.17) is 10.00 Å². The van der Waals surface area contributed by atoms with E-state index in [0.717, 1.165) is 37.4 Å². The third kappa shape index (κ3) is 5.94. The Balaban J connectivity index is 1.24. The van der Waals surface area contributed by atoms with E-state index in [0.29, 0.717) is 43.0 Å². The normalized spacial score (nSPS) is 22.2. The molecule has 0 spiro atoms. The fourth-order valence-corrected chi connectivity index (χ4v) is 5.16. The summed E-state index contributed by atoms with van der Waals surface area (Å²) in [6.45, 7) is 9.70. The molecule has 1 aromatic carbocycles. The monoisotopic (exact) mass is 449 g/mol. The molecule has 2 atom stereocenters. The number of aromatic nitrogens is 2. The van der Waals surface area contributed by atoms with Crippen LogP contribution in [0.2, 0.25) is 0 Å². The van der Waals surface area contributed by atoms with Crippen LogP contribution in [0, 0.1) is 29.1 Å². The number of benzene rings is 1. The first-order valence-corrected chi connectivity index (χ1v) is 12.2. The van der Waals surface area contributed by atoms with E-state index in [1.165, 1.54) is 19.3 Å². The summed E-state index contributed by atoms with van der Waals surface area (Å²) in [7, 11) is 0. The highest BCUT2D eigenvalue weighted by Gasteiger charge is 2.30. The maximum Gasteiger partial charge on any atom is 0.409 e. The minimum absolute atomic E-state index is 0.162. The molecule has 33 heavy (non-hydrogen) atoms. The van der Waals surface area contributed by atoms with E-state index in [1.807, 2.05) is 41.7 Å². The second kappa shape index (κ2) is 10.8. The first kappa shape index (κ1) is 23.3. The van der Waals surface area contributed by atoms with Crippen molar-refractivity contribution in [1.29, 1.82) is 5.26 Å². The third-order valence-electron chi connectivity index (χ3n) is 7.43. The Morgan fingerprint density at radius 3 is 2.45 bits per heavy atom. The molecule has 7 heteroatoms. The van der Waals surface area contributed by atoms with Gasteiger partial charge in [-0.05, 0) is 35.4 Å². The summed E-state index contributed by atoms with van der Waals surface area (Å²) < 4.78 is 7.89. The van der Waals surface area contributed by atoms with Gasteiger partial charge in [0.05, 0.1) is 30.3 Å². The lowest BCUT2D eigenvalue weighted by molar-refractivity contribution is 0.0370. The van der Waals surface area contributed by atoms with Crippen molar-refractivity contribution in [1.82, 2.24) is 19.4 Å². The molecule has 0 N–H and O–H groups in total. The number of carbonyl (C=O) groups is 1. The molecule has 1 aliphatic heterocycles. The predicted octanol–water partition coefficient (Wildman–Crippen LogP) is 4.13. The summed E-state index contributed by atoms with van der Waals surface area (Å²) in [5.74, 6) is 1.75. The number of amides is 1. The molecule has 2 heterocycles. The van der Waals surface area contributed by atoms with Gasteiger partial charge in [0, 0.05) is 45.5 Å². The zero-order chi connectivity index (χ0) is 23.2. The van der Waals surface area contributed by atoms with Crippen LogP contribution in [0.4, 0.5) is 4.79 Å². The van der Waals surface area contributed by atoms with Crippen LogP contribution in [0.25, 0.3) is 0 Å². The van der Waals surface area contributed by atoms with Gasteiger partial charge >= 0.3 is 6.09 Å². The van der Waals surface area contributed by atoms with E-state index in [2.05, 4.69) is 34.4 Å². The molecule has 1 amide bonds. The van der Waals surface area contributed by atoms with Gasteiger partial charge in [-0.3, -0.25) is 4.90 Å². The number of ether oxygens (including phenoxy) is 1. The molecule has 1 saturated heterocycles. The van der Waals surface area contributed by atoms with Crippen molar-refractivity contribution in [3.63, 3.8) is 0 Å². The van der Waals surface area contributed by atoms with Crippen LogP contribution >= 0.6 is 0 Å². The highest BCUT2D eigenvalue weighted by atomic mass is 16.6. The molecule has 2 fully saturated rings. The fraction of sp³-hybridized carbons (Fsp3) is 0.577. The van der Waals surface area contributed by atoms with Gasteiger partial charge < -0.3 is 14.2 Å². The lowest BCUT2D eigenvalue weighted by atomic mass is 9.74. The second-order valence-corrected chi connectivity index (χ2v) is 9.71. The van der Waals surface area contributed by atoms with Crippen molar-refractivity contribution in [2.24, 2.45) is 17.8 Å². The van der Waals surface area contributed by atoms with E-state index in [-0.39, 0.29) is 6.09 Å². The number of hydrogen-bond acceptors (Lipinski definition) is 5. The Morgan fingerprint density at radius 2 is 1.79 bits per heavy atom. The van der Waals surface area contributed by atoms with E-state index in [1.54, 1.807) is 0 Å². The van der Waals surface area contributed by atoms with Crippen LogP contribution in [-0.2, 0) is 17.8 Å². The van der Waals surface area contributed by atoms with Crippen molar-refractivity contribution in [2.45, 2.75) is 46.2 Å². The molecule has 0 radical (unpaired) electrons. The number of hydrogen-bond donors (Lipinski definition) is 0. The third-order valence-corrected chi connectivity index (χ3v) is 7.43. The topological polar surface area (TPSA) is 74.4 Å². The zero-order valence-electron chi connectivity index (χ0n) is 19.8. The molecule has 176 valence electrons. The van der Waals surface area contributed by atoms with Gasteiger partial charge in [0.25, 0.3) is 0 Å². The summed E-state index contributed by atoms with van der Waals surface area (Å²) in [5.41, 5.74) is 2.96. The predicted molar refractivity (Wildman–Crippen MR) is 126 cm³/mol. The number of carbonyl (C=O) groups excluding carboxylic acids is 1. The van der Waals surface area contributed by atoms with Gasteiger partial charge in [0.15, 0.2) is 0 Å². The summed E-state index contributed by atoms with van der Waals surface area (Å²) in [4.78, 5) is 21.2. The Kier molecular flexibility index (Phi) is 7.66. The van der Waals surface area contributed by atoms with E-state index < -0.39 is 0 Å². The van der Waals surface area contributed by atoms with Crippen molar-refractivity contribution in [2.75, 3.05) is 32.8 Å². The molecule has 0 bridgehead atoms. The van der Waals surface area contributed by atoms with Crippen molar-refractivity contribution in [3.8, 4) is 6.07 Å². The Bertz CT molecular complexity index is 946. The molecule has 1 saturated carbocycles. The summed E-state index contributed by atoms with van der Waals surface area (Å²) in [6, 6.07) is 9.82. The number of piperazine rings is 1. The number of nitriles is 1. The first-order valence-electron chi connectivity index (χ1n) is 12.2. The molecule has 1 aliphatic carbocycles. The summed E-state index contributed by atoms with van der Waals surface area (Å²) >= 11 is 0. The molecular formula is C26H35N5O2. The van der Waals surface area contributed by atoms with Crippen molar-refractivity contribution >= 4 is 6.09 Å². The smallest absolute Gasteiger partial charge is 0.409 e. The maximum absolute atomic E-state index is 12.6. The minimum Gasteiger partial charge on any atom is -0.449 e. The average molecular weight is 450 g/mol. The summed E-state index contributed by atoms with van der Waals surface area (Å²) in [5, 5.41) is 8.97. The van der Waals surface area contributed by atoms with Crippen LogP contribution < -0.4 is 0 Å². The van der Waals surface area contributed by atoms with Gasteiger partial charge in [-0.25, -0.2) is 9.78 Å². The summed E-state index contributed by atoms with van der Waals surface area (Å²) in [6.07, 6.45) is 7.39.